The summed E-state index contributed by atoms with van der Waals surface area (Å²) in [5.74, 6) is 5.17. The number of para-hydroxylation sites is 2. The number of benzene rings is 1. The third-order valence-electron chi connectivity index (χ3n) is 5.14. The van der Waals surface area contributed by atoms with Crippen molar-refractivity contribution >= 4 is 40.8 Å². The summed E-state index contributed by atoms with van der Waals surface area (Å²) in [6.07, 6.45) is 1.78. The normalized spacial score (nSPS) is 25.3. The molecule has 4 nitrogen and oxygen atoms in total. The number of anilines is 2. The summed E-state index contributed by atoms with van der Waals surface area (Å²) >= 11 is 4.16. The smallest absolute Gasteiger partial charge is 0.250 e. The van der Waals surface area contributed by atoms with Gasteiger partial charge >= 0.3 is 0 Å². The van der Waals surface area contributed by atoms with E-state index in [1.165, 1.54) is 23.0 Å². The van der Waals surface area contributed by atoms with Gasteiger partial charge in [-0.25, -0.2) is 0 Å². The molecule has 3 aliphatic heterocycles. The summed E-state index contributed by atoms with van der Waals surface area (Å²) in [4.78, 5) is 15.3. The Hall–Kier alpha value is -0.850. The van der Waals surface area contributed by atoms with Crippen LogP contribution in [0.25, 0.3) is 0 Å². The summed E-state index contributed by atoms with van der Waals surface area (Å²) < 4.78 is 0. The number of amides is 1. The van der Waals surface area contributed by atoms with Gasteiger partial charge in [0.2, 0.25) is 5.91 Å². The minimum Gasteiger partial charge on any atom is -0.369 e. The number of rotatable bonds is 1. The third kappa shape index (κ3) is 3.08. The first-order chi connectivity index (χ1) is 11.3. The molecule has 0 aromatic heterocycles. The largest absolute Gasteiger partial charge is 0.369 e. The highest BCUT2D eigenvalue weighted by molar-refractivity contribution is 8.03. The molecular weight excluding hydrogens is 326 g/mol. The van der Waals surface area contributed by atoms with Gasteiger partial charge in [0.15, 0.2) is 0 Å². The van der Waals surface area contributed by atoms with Crippen molar-refractivity contribution in [3.63, 3.8) is 0 Å². The van der Waals surface area contributed by atoms with Crippen molar-refractivity contribution in [2.75, 3.05) is 46.7 Å². The number of thioether (sulfide) groups is 2. The molecule has 0 radical (unpaired) electrons. The van der Waals surface area contributed by atoms with Crippen LogP contribution in [0.4, 0.5) is 11.4 Å². The summed E-state index contributed by atoms with van der Waals surface area (Å²) in [5.41, 5.74) is 1.54. The predicted octanol–water partition coefficient (Wildman–Crippen LogP) is 2.73. The van der Waals surface area contributed by atoms with Crippen LogP contribution in [-0.4, -0.2) is 58.5 Å². The number of fused-ring (bicyclic) bond motifs is 1. The van der Waals surface area contributed by atoms with Crippen LogP contribution in [-0.2, 0) is 4.79 Å². The van der Waals surface area contributed by atoms with Crippen LogP contribution in [0.3, 0.4) is 0 Å². The molecular formula is C17H23N3OS2. The SMILES string of the molecule is O=C1Nc2ccccc2NC12CCN(C1CSCCSC1)CC2. The predicted molar refractivity (Wildman–Crippen MR) is 101 cm³/mol. The van der Waals surface area contributed by atoms with Crippen molar-refractivity contribution < 1.29 is 4.79 Å². The molecule has 3 heterocycles. The van der Waals surface area contributed by atoms with E-state index >= 15 is 0 Å². The molecule has 0 saturated carbocycles. The molecule has 1 aromatic rings. The highest BCUT2D eigenvalue weighted by atomic mass is 32.2. The van der Waals surface area contributed by atoms with Gasteiger partial charge in [-0.2, -0.15) is 23.5 Å². The van der Waals surface area contributed by atoms with Crippen molar-refractivity contribution in [3.05, 3.63) is 24.3 Å². The summed E-state index contributed by atoms with van der Waals surface area (Å²) in [5, 5.41) is 6.65. The van der Waals surface area contributed by atoms with E-state index in [-0.39, 0.29) is 5.91 Å². The molecule has 6 heteroatoms. The van der Waals surface area contributed by atoms with Crippen molar-refractivity contribution in [2.45, 2.75) is 24.4 Å². The zero-order valence-electron chi connectivity index (χ0n) is 13.2. The van der Waals surface area contributed by atoms with Crippen LogP contribution in [0.2, 0.25) is 0 Å². The minimum absolute atomic E-state index is 0.139. The molecule has 1 spiro atoms. The molecule has 0 aliphatic carbocycles. The zero-order valence-corrected chi connectivity index (χ0v) is 14.8. The minimum atomic E-state index is -0.421. The highest BCUT2D eigenvalue weighted by Gasteiger charge is 2.45. The molecule has 2 fully saturated rings. The van der Waals surface area contributed by atoms with Gasteiger partial charge in [0.05, 0.1) is 11.4 Å². The number of hydrogen-bond donors (Lipinski definition) is 2. The maximum Gasteiger partial charge on any atom is 0.250 e. The van der Waals surface area contributed by atoms with Gasteiger partial charge in [-0.1, -0.05) is 12.1 Å². The second-order valence-corrected chi connectivity index (χ2v) is 8.85. The monoisotopic (exact) mass is 349 g/mol. The third-order valence-corrected chi connectivity index (χ3v) is 7.63. The maximum absolute atomic E-state index is 12.7. The molecule has 2 saturated heterocycles. The molecule has 1 aromatic carbocycles. The first-order valence-electron chi connectivity index (χ1n) is 8.35. The van der Waals surface area contributed by atoms with Crippen LogP contribution in [0.15, 0.2) is 24.3 Å². The Bertz CT molecular complexity index is 579. The van der Waals surface area contributed by atoms with Gasteiger partial charge in [0.25, 0.3) is 0 Å². The van der Waals surface area contributed by atoms with Gasteiger partial charge in [-0.05, 0) is 25.0 Å². The topological polar surface area (TPSA) is 44.4 Å². The first-order valence-corrected chi connectivity index (χ1v) is 10.7. The number of nitrogens with one attached hydrogen (secondary N) is 2. The summed E-state index contributed by atoms with van der Waals surface area (Å²) in [6.45, 7) is 2.02. The lowest BCUT2D eigenvalue weighted by Gasteiger charge is -2.46. The van der Waals surface area contributed by atoms with Gasteiger partial charge in [-0.3, -0.25) is 9.69 Å². The van der Waals surface area contributed by atoms with E-state index in [4.69, 9.17) is 0 Å². The summed E-state index contributed by atoms with van der Waals surface area (Å²) in [7, 11) is 0. The van der Waals surface area contributed by atoms with Crippen LogP contribution in [0.1, 0.15) is 12.8 Å². The molecule has 0 bridgehead atoms. The second kappa shape index (κ2) is 6.57. The Morgan fingerprint density at radius 2 is 1.70 bits per heavy atom. The molecule has 4 rings (SSSR count). The number of carbonyl (C=O) groups is 1. The highest BCUT2D eigenvalue weighted by Crippen LogP contribution is 2.37. The number of carbonyl (C=O) groups excluding carboxylic acids is 1. The lowest BCUT2D eigenvalue weighted by atomic mass is 9.84. The molecule has 124 valence electrons. The van der Waals surface area contributed by atoms with E-state index in [2.05, 4.69) is 45.1 Å². The van der Waals surface area contributed by atoms with E-state index in [0.29, 0.717) is 6.04 Å². The molecule has 0 atom stereocenters. The van der Waals surface area contributed by atoms with Gasteiger partial charge in [0, 0.05) is 42.1 Å². The van der Waals surface area contributed by atoms with Crippen LogP contribution in [0, 0.1) is 0 Å². The van der Waals surface area contributed by atoms with Crippen molar-refractivity contribution in [1.29, 1.82) is 0 Å². The number of likely N-dealkylation sites (tertiary alicyclic amines) is 1. The Morgan fingerprint density at radius 3 is 2.39 bits per heavy atom. The lowest BCUT2D eigenvalue weighted by Crippen LogP contribution is -2.60. The maximum atomic E-state index is 12.7. The fourth-order valence-corrected chi connectivity index (χ4v) is 6.32. The van der Waals surface area contributed by atoms with Crippen LogP contribution < -0.4 is 10.6 Å². The Labute approximate surface area is 146 Å². The van der Waals surface area contributed by atoms with E-state index in [1.807, 2.05) is 18.2 Å². The number of hydrogen-bond acceptors (Lipinski definition) is 5. The Balaban J connectivity index is 1.45. The molecule has 0 unspecified atom stereocenters. The average molecular weight is 350 g/mol. The lowest BCUT2D eigenvalue weighted by molar-refractivity contribution is -0.122. The number of nitrogens with zero attached hydrogens (tertiary/aromatic N) is 1. The van der Waals surface area contributed by atoms with E-state index in [9.17, 15) is 4.79 Å². The molecule has 3 aliphatic rings. The standard InChI is InChI=1S/C17H23N3OS2/c21-16-17(19-15-4-2-1-3-14(15)18-16)5-7-20(8-6-17)13-11-22-9-10-23-12-13/h1-4,13,19H,5-12H2,(H,18,21). The first kappa shape index (κ1) is 15.7. The van der Waals surface area contributed by atoms with Crippen molar-refractivity contribution in [1.82, 2.24) is 4.90 Å². The van der Waals surface area contributed by atoms with E-state index < -0.39 is 5.54 Å². The van der Waals surface area contributed by atoms with Gasteiger partial charge in [-0.15, -0.1) is 0 Å². The van der Waals surface area contributed by atoms with Crippen molar-refractivity contribution in [3.8, 4) is 0 Å². The fourth-order valence-electron chi connectivity index (χ4n) is 3.70. The zero-order chi connectivity index (χ0) is 15.7. The molecule has 23 heavy (non-hydrogen) atoms. The van der Waals surface area contributed by atoms with E-state index in [0.717, 1.165) is 37.3 Å². The van der Waals surface area contributed by atoms with Gasteiger partial charge in [0.1, 0.15) is 5.54 Å². The quantitative estimate of drug-likeness (QED) is 0.816. The summed E-state index contributed by atoms with van der Waals surface area (Å²) in [6, 6.07) is 8.67. The number of piperidine rings is 1. The van der Waals surface area contributed by atoms with Gasteiger partial charge < -0.3 is 10.6 Å². The Morgan fingerprint density at radius 1 is 1.04 bits per heavy atom. The molecule has 1 amide bonds. The Kier molecular flexibility index (Phi) is 4.48. The fraction of sp³-hybridized carbons (Fsp3) is 0.588. The van der Waals surface area contributed by atoms with Crippen LogP contribution >= 0.6 is 23.5 Å². The van der Waals surface area contributed by atoms with Crippen molar-refractivity contribution in [2.24, 2.45) is 0 Å². The van der Waals surface area contributed by atoms with Crippen LogP contribution in [0.5, 0.6) is 0 Å². The average Bonchev–Trinajstić information content (AvgIpc) is 2.86. The van der Waals surface area contributed by atoms with E-state index in [1.54, 1.807) is 0 Å². The molecule has 2 N–H and O–H groups in total. The second-order valence-electron chi connectivity index (χ2n) is 6.55.